The van der Waals surface area contributed by atoms with Gasteiger partial charge >= 0.3 is 5.97 Å². The van der Waals surface area contributed by atoms with Crippen LogP contribution in [0.3, 0.4) is 0 Å². The highest BCUT2D eigenvalue weighted by Crippen LogP contribution is 2.40. The zero-order chi connectivity index (χ0) is 12.0. The molecular weight excluding hydrogens is 202 g/mol. The van der Waals surface area contributed by atoms with Crippen molar-refractivity contribution in [3.05, 3.63) is 0 Å². The zero-order valence-corrected chi connectivity index (χ0v) is 10.9. The standard InChI is InChI=1S/C13H23NO2/c1-12(2)8-5-9-13(3,4)14(12)16-11(15)10-6-7-10/h10H,5-9H2,1-4H3. The van der Waals surface area contributed by atoms with E-state index in [0.717, 1.165) is 25.7 Å². The maximum absolute atomic E-state index is 11.8. The number of hydroxylamine groups is 2. The van der Waals surface area contributed by atoms with Gasteiger partial charge in [0, 0.05) is 0 Å². The van der Waals surface area contributed by atoms with Gasteiger partial charge in [-0.15, -0.1) is 5.06 Å². The van der Waals surface area contributed by atoms with E-state index < -0.39 is 0 Å². The minimum Gasteiger partial charge on any atom is -0.367 e. The number of hydrogen-bond donors (Lipinski definition) is 0. The maximum Gasteiger partial charge on any atom is 0.328 e. The second kappa shape index (κ2) is 3.73. The summed E-state index contributed by atoms with van der Waals surface area (Å²) in [6.07, 6.45) is 5.40. The lowest BCUT2D eigenvalue weighted by molar-refractivity contribution is -0.266. The lowest BCUT2D eigenvalue weighted by Crippen LogP contribution is -2.58. The highest BCUT2D eigenvalue weighted by atomic mass is 16.7. The molecule has 2 fully saturated rings. The lowest BCUT2D eigenvalue weighted by atomic mass is 9.82. The van der Waals surface area contributed by atoms with Gasteiger partial charge in [-0.3, -0.25) is 4.79 Å². The average Bonchev–Trinajstić information content (AvgIpc) is 2.93. The summed E-state index contributed by atoms with van der Waals surface area (Å²) in [6.45, 7) is 8.64. The Hall–Kier alpha value is -0.570. The van der Waals surface area contributed by atoms with E-state index >= 15 is 0 Å². The van der Waals surface area contributed by atoms with Gasteiger partial charge in [0.15, 0.2) is 0 Å². The van der Waals surface area contributed by atoms with E-state index in [0.29, 0.717) is 0 Å². The zero-order valence-electron chi connectivity index (χ0n) is 10.9. The molecule has 0 aromatic carbocycles. The topological polar surface area (TPSA) is 29.5 Å². The van der Waals surface area contributed by atoms with E-state index in [9.17, 15) is 4.79 Å². The molecule has 0 bridgehead atoms. The van der Waals surface area contributed by atoms with Gasteiger partial charge in [-0.05, 0) is 59.8 Å². The van der Waals surface area contributed by atoms with Crippen molar-refractivity contribution in [3.63, 3.8) is 0 Å². The molecule has 2 rings (SSSR count). The highest BCUT2D eigenvalue weighted by molar-refractivity contribution is 5.74. The molecule has 92 valence electrons. The summed E-state index contributed by atoms with van der Waals surface area (Å²) in [6, 6.07) is 0. The smallest absolute Gasteiger partial charge is 0.328 e. The number of carbonyl (C=O) groups excluding carboxylic acids is 1. The molecule has 1 heterocycles. The van der Waals surface area contributed by atoms with Crippen molar-refractivity contribution < 1.29 is 9.63 Å². The van der Waals surface area contributed by atoms with Crippen LogP contribution in [0.1, 0.15) is 59.8 Å². The Bertz CT molecular complexity index is 276. The van der Waals surface area contributed by atoms with Gasteiger partial charge in [0.05, 0.1) is 17.0 Å². The number of carbonyl (C=O) groups is 1. The monoisotopic (exact) mass is 225 g/mol. The summed E-state index contributed by atoms with van der Waals surface area (Å²) in [4.78, 5) is 17.4. The Kier molecular flexibility index (Phi) is 2.77. The molecule has 0 radical (unpaired) electrons. The molecule has 0 aromatic heterocycles. The molecule has 0 amide bonds. The van der Waals surface area contributed by atoms with E-state index in [1.165, 1.54) is 6.42 Å². The van der Waals surface area contributed by atoms with Gasteiger partial charge < -0.3 is 4.84 Å². The molecule has 1 aliphatic heterocycles. The van der Waals surface area contributed by atoms with Gasteiger partial charge in [-0.1, -0.05) is 0 Å². The van der Waals surface area contributed by atoms with Gasteiger partial charge in [0.1, 0.15) is 0 Å². The molecule has 3 heteroatoms. The fraction of sp³-hybridized carbons (Fsp3) is 0.923. The average molecular weight is 225 g/mol. The fourth-order valence-electron chi connectivity index (χ4n) is 2.71. The van der Waals surface area contributed by atoms with Crippen LogP contribution < -0.4 is 0 Å². The van der Waals surface area contributed by atoms with Gasteiger partial charge in [-0.25, -0.2) is 0 Å². The summed E-state index contributed by atoms with van der Waals surface area (Å²) in [5, 5.41) is 1.95. The molecule has 0 atom stereocenters. The van der Waals surface area contributed by atoms with Crippen molar-refractivity contribution in [3.8, 4) is 0 Å². The summed E-state index contributed by atoms with van der Waals surface area (Å²) >= 11 is 0. The van der Waals surface area contributed by atoms with Crippen LogP contribution >= 0.6 is 0 Å². The molecular formula is C13H23NO2. The molecule has 0 N–H and O–H groups in total. The van der Waals surface area contributed by atoms with Crippen molar-refractivity contribution >= 4 is 5.97 Å². The second-order valence-electron chi connectivity index (χ2n) is 6.46. The van der Waals surface area contributed by atoms with E-state index in [4.69, 9.17) is 4.84 Å². The third-order valence-corrected chi connectivity index (χ3v) is 3.77. The first-order chi connectivity index (χ1) is 7.33. The third-order valence-electron chi connectivity index (χ3n) is 3.77. The highest BCUT2D eigenvalue weighted by Gasteiger charge is 2.46. The Balaban J connectivity index is 2.09. The largest absolute Gasteiger partial charge is 0.367 e. The minimum atomic E-state index is -0.0354. The minimum absolute atomic E-state index is 0.0250. The number of rotatable bonds is 2. The van der Waals surface area contributed by atoms with Crippen molar-refractivity contribution in [1.29, 1.82) is 0 Å². The van der Waals surface area contributed by atoms with Crippen molar-refractivity contribution in [2.45, 2.75) is 70.9 Å². The molecule has 0 unspecified atom stereocenters. The second-order valence-corrected chi connectivity index (χ2v) is 6.46. The van der Waals surface area contributed by atoms with Crippen molar-refractivity contribution in [2.24, 2.45) is 5.92 Å². The van der Waals surface area contributed by atoms with Gasteiger partial charge in [0.25, 0.3) is 0 Å². The van der Waals surface area contributed by atoms with Crippen LogP contribution in [0.15, 0.2) is 0 Å². The predicted molar refractivity (Wildman–Crippen MR) is 62.7 cm³/mol. The maximum atomic E-state index is 11.8. The van der Waals surface area contributed by atoms with E-state index in [2.05, 4.69) is 27.7 Å². The van der Waals surface area contributed by atoms with Crippen LogP contribution in [-0.2, 0) is 9.63 Å². The van der Waals surface area contributed by atoms with Crippen molar-refractivity contribution in [1.82, 2.24) is 5.06 Å². The molecule has 0 aromatic rings. The van der Waals surface area contributed by atoms with E-state index in [-0.39, 0.29) is 23.0 Å². The SMILES string of the molecule is CC1(C)CCCC(C)(C)N1OC(=O)C1CC1. The van der Waals surface area contributed by atoms with Crippen molar-refractivity contribution in [2.75, 3.05) is 0 Å². The molecule has 1 aliphatic carbocycles. The summed E-state index contributed by atoms with van der Waals surface area (Å²) in [5.41, 5.74) is -0.0708. The normalized spacial score (nSPS) is 28.8. The Morgan fingerprint density at radius 2 is 1.62 bits per heavy atom. The first-order valence-electron chi connectivity index (χ1n) is 6.35. The molecule has 0 spiro atoms. The summed E-state index contributed by atoms with van der Waals surface area (Å²) < 4.78 is 0. The lowest BCUT2D eigenvalue weighted by Gasteiger charge is -2.50. The summed E-state index contributed by atoms with van der Waals surface area (Å²) in [5.74, 6) is 0.150. The van der Waals surface area contributed by atoms with E-state index in [1.807, 2.05) is 5.06 Å². The molecule has 1 saturated heterocycles. The molecule has 1 saturated carbocycles. The Labute approximate surface area is 98.1 Å². The van der Waals surface area contributed by atoms with Gasteiger partial charge in [-0.2, -0.15) is 0 Å². The van der Waals surface area contributed by atoms with Crippen LogP contribution in [0.25, 0.3) is 0 Å². The fourth-order valence-corrected chi connectivity index (χ4v) is 2.71. The van der Waals surface area contributed by atoms with Crippen LogP contribution in [0.5, 0.6) is 0 Å². The van der Waals surface area contributed by atoms with Crippen LogP contribution in [0.2, 0.25) is 0 Å². The first-order valence-corrected chi connectivity index (χ1v) is 6.35. The summed E-state index contributed by atoms with van der Waals surface area (Å²) in [7, 11) is 0. The van der Waals surface area contributed by atoms with E-state index in [1.54, 1.807) is 0 Å². The number of nitrogens with zero attached hydrogens (tertiary/aromatic N) is 1. The Morgan fingerprint density at radius 1 is 1.12 bits per heavy atom. The van der Waals surface area contributed by atoms with Crippen LogP contribution in [0, 0.1) is 5.92 Å². The molecule has 3 nitrogen and oxygen atoms in total. The molecule has 16 heavy (non-hydrogen) atoms. The van der Waals surface area contributed by atoms with Gasteiger partial charge in [0.2, 0.25) is 0 Å². The van der Waals surface area contributed by atoms with Crippen LogP contribution in [0.4, 0.5) is 0 Å². The first kappa shape index (κ1) is 11.9. The molecule has 2 aliphatic rings. The number of piperidine rings is 1. The third kappa shape index (κ3) is 2.24. The quantitative estimate of drug-likeness (QED) is 0.723. The van der Waals surface area contributed by atoms with Crippen LogP contribution in [-0.4, -0.2) is 22.1 Å². The Morgan fingerprint density at radius 3 is 2.06 bits per heavy atom. The predicted octanol–water partition coefficient (Wildman–Crippen LogP) is 2.90. The number of hydrogen-bond acceptors (Lipinski definition) is 3.